The van der Waals surface area contributed by atoms with Gasteiger partial charge in [0.2, 0.25) is 0 Å². The molecule has 0 saturated heterocycles. The minimum Gasteiger partial charge on any atom is -0.486 e. The van der Waals surface area contributed by atoms with Crippen LogP contribution in [0, 0.1) is 0 Å². The van der Waals surface area contributed by atoms with Gasteiger partial charge >= 0.3 is 5.97 Å². The van der Waals surface area contributed by atoms with E-state index in [-0.39, 0.29) is 6.42 Å². The molecule has 0 unspecified atom stereocenters. The van der Waals surface area contributed by atoms with Gasteiger partial charge in [0, 0.05) is 12.0 Å². The standard InChI is InChI=1S/C14H18O4/c1-2-11-10(4-3-5-13(15)16)6-7-12-14(11)18-9-8-17-12/h6-7H,2-5,8-9H2,1H3,(H,15,16). The average molecular weight is 250 g/mol. The molecule has 0 saturated carbocycles. The molecule has 18 heavy (non-hydrogen) atoms. The third-order valence-corrected chi connectivity index (χ3v) is 3.10. The molecule has 0 aromatic heterocycles. The van der Waals surface area contributed by atoms with E-state index in [0.29, 0.717) is 19.6 Å². The Kier molecular flexibility index (Phi) is 4.07. The second kappa shape index (κ2) is 5.76. The molecule has 98 valence electrons. The molecule has 2 rings (SSSR count). The quantitative estimate of drug-likeness (QED) is 0.872. The number of fused-ring (bicyclic) bond motifs is 1. The summed E-state index contributed by atoms with van der Waals surface area (Å²) in [5, 5.41) is 8.67. The molecular weight excluding hydrogens is 232 g/mol. The van der Waals surface area contributed by atoms with Gasteiger partial charge in [-0.2, -0.15) is 0 Å². The van der Waals surface area contributed by atoms with Gasteiger partial charge in [-0.15, -0.1) is 0 Å². The van der Waals surface area contributed by atoms with Gasteiger partial charge in [0.1, 0.15) is 13.2 Å². The summed E-state index contributed by atoms with van der Waals surface area (Å²) in [5.41, 5.74) is 2.32. The first-order valence-electron chi connectivity index (χ1n) is 6.34. The molecule has 0 aliphatic carbocycles. The van der Waals surface area contributed by atoms with Crippen molar-refractivity contribution >= 4 is 5.97 Å². The van der Waals surface area contributed by atoms with Crippen molar-refractivity contribution in [2.75, 3.05) is 13.2 Å². The van der Waals surface area contributed by atoms with Crippen LogP contribution in [0.2, 0.25) is 0 Å². The highest BCUT2D eigenvalue weighted by Gasteiger charge is 2.17. The molecule has 0 atom stereocenters. The summed E-state index contributed by atoms with van der Waals surface area (Å²) in [5.74, 6) is 0.905. The van der Waals surface area contributed by atoms with Crippen molar-refractivity contribution in [3.63, 3.8) is 0 Å². The monoisotopic (exact) mass is 250 g/mol. The smallest absolute Gasteiger partial charge is 0.303 e. The highest BCUT2D eigenvalue weighted by molar-refractivity contribution is 5.66. The van der Waals surface area contributed by atoms with Crippen molar-refractivity contribution in [2.45, 2.75) is 32.6 Å². The molecule has 1 heterocycles. The van der Waals surface area contributed by atoms with E-state index in [1.807, 2.05) is 12.1 Å². The summed E-state index contributed by atoms with van der Waals surface area (Å²) >= 11 is 0. The zero-order valence-corrected chi connectivity index (χ0v) is 10.6. The number of benzene rings is 1. The first kappa shape index (κ1) is 12.7. The average Bonchev–Trinajstić information content (AvgIpc) is 2.38. The molecule has 0 spiro atoms. The molecule has 1 aromatic rings. The molecule has 4 heteroatoms. The Morgan fingerprint density at radius 1 is 1.33 bits per heavy atom. The minimum absolute atomic E-state index is 0.206. The number of rotatable bonds is 5. The van der Waals surface area contributed by atoms with Gasteiger partial charge < -0.3 is 14.6 Å². The molecule has 1 N–H and O–H groups in total. The van der Waals surface area contributed by atoms with E-state index in [0.717, 1.165) is 29.9 Å². The Morgan fingerprint density at radius 2 is 2.11 bits per heavy atom. The van der Waals surface area contributed by atoms with Crippen LogP contribution in [0.25, 0.3) is 0 Å². The number of carboxylic acids is 1. The van der Waals surface area contributed by atoms with Gasteiger partial charge in [0.15, 0.2) is 11.5 Å². The Morgan fingerprint density at radius 3 is 2.83 bits per heavy atom. The fourth-order valence-electron chi connectivity index (χ4n) is 2.27. The van der Waals surface area contributed by atoms with Crippen LogP contribution >= 0.6 is 0 Å². The number of aliphatic carboxylic acids is 1. The number of hydrogen-bond acceptors (Lipinski definition) is 3. The van der Waals surface area contributed by atoms with Crippen LogP contribution in [0.3, 0.4) is 0 Å². The Labute approximate surface area is 107 Å². The van der Waals surface area contributed by atoms with E-state index in [9.17, 15) is 4.79 Å². The summed E-state index contributed by atoms with van der Waals surface area (Å²) < 4.78 is 11.2. The predicted octanol–water partition coefficient (Wildman–Crippen LogP) is 2.43. The third-order valence-electron chi connectivity index (χ3n) is 3.10. The van der Waals surface area contributed by atoms with Crippen molar-refractivity contribution in [1.82, 2.24) is 0 Å². The molecule has 4 nitrogen and oxygen atoms in total. The highest BCUT2D eigenvalue weighted by Crippen LogP contribution is 2.36. The van der Waals surface area contributed by atoms with Crippen LogP contribution in [0.15, 0.2) is 12.1 Å². The third kappa shape index (κ3) is 2.75. The highest BCUT2D eigenvalue weighted by atomic mass is 16.6. The molecule has 0 radical (unpaired) electrons. The summed E-state index contributed by atoms with van der Waals surface area (Å²) in [4.78, 5) is 10.5. The lowest BCUT2D eigenvalue weighted by Crippen LogP contribution is -2.17. The first-order chi connectivity index (χ1) is 8.72. The van der Waals surface area contributed by atoms with Crippen LogP contribution in [0.5, 0.6) is 11.5 Å². The Balaban J connectivity index is 2.17. The van der Waals surface area contributed by atoms with Crippen molar-refractivity contribution in [3.05, 3.63) is 23.3 Å². The molecule has 0 fully saturated rings. The van der Waals surface area contributed by atoms with Gasteiger partial charge in [0.05, 0.1) is 0 Å². The Hall–Kier alpha value is -1.71. The summed E-state index contributed by atoms with van der Waals surface area (Å²) in [6.45, 7) is 3.25. The number of hydrogen-bond donors (Lipinski definition) is 1. The van der Waals surface area contributed by atoms with E-state index in [2.05, 4.69) is 6.92 Å². The van der Waals surface area contributed by atoms with Crippen LogP contribution in [0.1, 0.15) is 30.9 Å². The zero-order valence-electron chi connectivity index (χ0n) is 10.6. The number of ether oxygens (including phenoxy) is 2. The van der Waals surface area contributed by atoms with Gasteiger partial charge in [-0.25, -0.2) is 0 Å². The maximum atomic E-state index is 10.5. The minimum atomic E-state index is -0.745. The molecule has 1 aliphatic rings. The normalized spacial score (nSPS) is 13.4. The number of aryl methyl sites for hydroxylation is 1. The lowest BCUT2D eigenvalue weighted by molar-refractivity contribution is -0.137. The molecule has 0 bridgehead atoms. The van der Waals surface area contributed by atoms with Crippen molar-refractivity contribution < 1.29 is 19.4 Å². The van der Waals surface area contributed by atoms with Crippen molar-refractivity contribution in [1.29, 1.82) is 0 Å². The van der Waals surface area contributed by atoms with Crippen LogP contribution in [-0.2, 0) is 17.6 Å². The first-order valence-corrected chi connectivity index (χ1v) is 6.34. The fraction of sp³-hybridized carbons (Fsp3) is 0.500. The van der Waals surface area contributed by atoms with Crippen molar-refractivity contribution in [2.24, 2.45) is 0 Å². The zero-order chi connectivity index (χ0) is 13.0. The largest absolute Gasteiger partial charge is 0.486 e. The van der Waals surface area contributed by atoms with Crippen molar-refractivity contribution in [3.8, 4) is 11.5 Å². The second-order valence-electron chi connectivity index (χ2n) is 4.33. The van der Waals surface area contributed by atoms with E-state index in [4.69, 9.17) is 14.6 Å². The predicted molar refractivity (Wildman–Crippen MR) is 67.4 cm³/mol. The second-order valence-corrected chi connectivity index (χ2v) is 4.33. The van der Waals surface area contributed by atoms with Gasteiger partial charge in [0.25, 0.3) is 0 Å². The summed E-state index contributed by atoms with van der Waals surface area (Å²) in [6, 6.07) is 3.94. The molecular formula is C14H18O4. The molecule has 0 amide bonds. The summed E-state index contributed by atoms with van der Waals surface area (Å²) in [6.07, 6.45) is 2.50. The maximum absolute atomic E-state index is 10.5. The number of carboxylic acid groups (broad SMARTS) is 1. The van der Waals surface area contributed by atoms with E-state index >= 15 is 0 Å². The molecule has 1 aliphatic heterocycles. The van der Waals surface area contributed by atoms with Gasteiger partial charge in [-0.3, -0.25) is 4.79 Å². The fourth-order valence-corrected chi connectivity index (χ4v) is 2.27. The Bertz CT molecular complexity index is 440. The lowest BCUT2D eigenvalue weighted by atomic mass is 9.98. The van der Waals surface area contributed by atoms with Gasteiger partial charge in [-0.05, 0) is 30.9 Å². The van der Waals surface area contributed by atoms with E-state index in [1.54, 1.807) is 0 Å². The topological polar surface area (TPSA) is 55.8 Å². The van der Waals surface area contributed by atoms with Crippen LogP contribution in [-0.4, -0.2) is 24.3 Å². The van der Waals surface area contributed by atoms with Crippen LogP contribution in [0.4, 0.5) is 0 Å². The molecule has 1 aromatic carbocycles. The van der Waals surface area contributed by atoms with Crippen LogP contribution < -0.4 is 9.47 Å². The summed E-state index contributed by atoms with van der Waals surface area (Å²) in [7, 11) is 0. The van der Waals surface area contributed by atoms with Gasteiger partial charge in [-0.1, -0.05) is 13.0 Å². The maximum Gasteiger partial charge on any atom is 0.303 e. The SMILES string of the molecule is CCc1c(CCCC(=O)O)ccc2c1OCCO2. The van der Waals surface area contributed by atoms with E-state index < -0.39 is 5.97 Å². The lowest BCUT2D eigenvalue weighted by Gasteiger charge is -2.22. The van der Waals surface area contributed by atoms with E-state index in [1.165, 1.54) is 5.56 Å². The number of carbonyl (C=O) groups is 1.